The lowest BCUT2D eigenvalue weighted by atomic mass is 10.3. The highest BCUT2D eigenvalue weighted by atomic mass is 35.6. The molecular formula is C13H12Cl6N2O7S. The standard InChI is InChI=1S/C13H12Cl6N2O7S/c1-26-8-2-4-9(5-3-8)29(24,25)21(11(23)28-7-13(17,18)19)20-10(22)27-6-12(14,15)16/h2-5H,6-7H2,1H3,(H,20,22). The molecule has 0 unspecified atom stereocenters. The molecule has 1 aromatic carbocycles. The van der Waals surface area contributed by atoms with Crippen LogP contribution in [0.5, 0.6) is 5.75 Å². The van der Waals surface area contributed by atoms with Crippen LogP contribution in [0.25, 0.3) is 0 Å². The van der Waals surface area contributed by atoms with Crippen LogP contribution in [0, 0.1) is 0 Å². The van der Waals surface area contributed by atoms with Crippen molar-refractivity contribution < 1.29 is 32.2 Å². The molecule has 1 N–H and O–H groups in total. The number of alkyl halides is 6. The summed E-state index contributed by atoms with van der Waals surface area (Å²) in [4.78, 5) is 23.7. The van der Waals surface area contributed by atoms with Gasteiger partial charge in [-0.05, 0) is 24.3 Å². The second-order valence-corrected chi connectivity index (χ2v) is 11.7. The first-order valence-corrected chi connectivity index (χ1v) is 10.8. The second-order valence-electron chi connectivity index (χ2n) is 4.92. The lowest BCUT2D eigenvalue weighted by molar-refractivity contribution is 0.0998. The highest BCUT2D eigenvalue weighted by Gasteiger charge is 2.35. The van der Waals surface area contributed by atoms with E-state index in [1.807, 2.05) is 0 Å². The summed E-state index contributed by atoms with van der Waals surface area (Å²) in [6.07, 6.45) is -3.04. The van der Waals surface area contributed by atoms with Gasteiger partial charge in [0.25, 0.3) is 10.0 Å². The molecule has 16 heteroatoms. The molecule has 0 aromatic heterocycles. The number of methoxy groups -OCH3 is 1. The largest absolute Gasteiger partial charge is 0.497 e. The Labute approximate surface area is 196 Å². The van der Waals surface area contributed by atoms with Crippen molar-refractivity contribution in [1.29, 1.82) is 0 Å². The summed E-state index contributed by atoms with van der Waals surface area (Å²) >= 11 is 32.7. The number of carbonyl (C=O) groups is 2. The number of sulfonamides is 1. The molecule has 0 heterocycles. The first-order chi connectivity index (χ1) is 13.2. The SMILES string of the molecule is COc1ccc(S(=O)(=O)N(NC(=O)OCC(Cl)(Cl)Cl)C(=O)OCC(Cl)(Cl)Cl)cc1. The molecule has 0 fully saturated rings. The summed E-state index contributed by atoms with van der Waals surface area (Å²) in [5, 5.41) is 0. The van der Waals surface area contributed by atoms with E-state index in [0.29, 0.717) is 5.75 Å². The van der Waals surface area contributed by atoms with Gasteiger partial charge in [0.2, 0.25) is 7.59 Å². The highest BCUT2D eigenvalue weighted by Crippen LogP contribution is 2.27. The maximum Gasteiger partial charge on any atom is 0.443 e. The number of hydrogen-bond acceptors (Lipinski definition) is 7. The Kier molecular flexibility index (Phi) is 9.53. The van der Waals surface area contributed by atoms with Crippen molar-refractivity contribution in [3.8, 4) is 5.75 Å². The first kappa shape index (κ1) is 26.3. The van der Waals surface area contributed by atoms with Gasteiger partial charge in [-0.15, -0.1) is 4.41 Å². The van der Waals surface area contributed by atoms with Gasteiger partial charge in [0, 0.05) is 0 Å². The average molecular weight is 553 g/mol. The number of halogens is 6. The fourth-order valence-corrected chi connectivity index (χ4v) is 2.98. The van der Waals surface area contributed by atoms with Crippen molar-refractivity contribution in [3.63, 3.8) is 0 Å². The van der Waals surface area contributed by atoms with Gasteiger partial charge in [-0.3, -0.25) is 0 Å². The summed E-state index contributed by atoms with van der Waals surface area (Å²) in [5.74, 6) is 0.337. The Morgan fingerprint density at radius 2 is 1.45 bits per heavy atom. The maximum absolute atomic E-state index is 12.8. The Morgan fingerprint density at radius 3 is 1.90 bits per heavy atom. The van der Waals surface area contributed by atoms with E-state index in [0.717, 1.165) is 12.1 Å². The van der Waals surface area contributed by atoms with E-state index in [4.69, 9.17) is 74.3 Å². The first-order valence-electron chi connectivity index (χ1n) is 7.09. The van der Waals surface area contributed by atoms with E-state index in [2.05, 4.69) is 9.47 Å². The van der Waals surface area contributed by atoms with Crippen LogP contribution in [-0.2, 0) is 19.5 Å². The molecule has 0 aliphatic carbocycles. The summed E-state index contributed by atoms with van der Waals surface area (Å²) in [7, 11) is -3.31. The van der Waals surface area contributed by atoms with E-state index in [1.165, 1.54) is 19.2 Å². The zero-order valence-electron chi connectivity index (χ0n) is 14.2. The van der Waals surface area contributed by atoms with Crippen molar-refractivity contribution in [3.05, 3.63) is 24.3 Å². The van der Waals surface area contributed by atoms with E-state index >= 15 is 0 Å². The summed E-state index contributed by atoms with van der Waals surface area (Å²) in [6, 6.07) is 4.83. The number of carbonyl (C=O) groups excluding carboxylic acids is 2. The number of benzene rings is 1. The minimum absolute atomic E-state index is 0.161. The number of rotatable bonds is 5. The van der Waals surface area contributed by atoms with Crippen LogP contribution in [-0.4, -0.2) is 52.9 Å². The number of hydrazine groups is 1. The number of ether oxygens (including phenoxy) is 3. The van der Waals surface area contributed by atoms with Crippen LogP contribution in [0.1, 0.15) is 0 Å². The number of nitrogens with one attached hydrogen (secondary N) is 1. The predicted octanol–water partition coefficient (Wildman–Crippen LogP) is 4.20. The van der Waals surface area contributed by atoms with Gasteiger partial charge >= 0.3 is 12.2 Å². The quantitative estimate of drug-likeness (QED) is 0.430. The van der Waals surface area contributed by atoms with Gasteiger partial charge in [-0.25, -0.2) is 15.0 Å². The number of nitrogens with zero attached hydrogens (tertiary/aromatic N) is 1. The molecule has 0 saturated carbocycles. The maximum atomic E-state index is 12.8. The molecule has 0 spiro atoms. The third-order valence-electron chi connectivity index (χ3n) is 2.68. The molecule has 1 aromatic rings. The smallest absolute Gasteiger partial charge is 0.443 e. The lowest BCUT2D eigenvalue weighted by Gasteiger charge is -2.23. The van der Waals surface area contributed by atoms with Crippen molar-refractivity contribution in [1.82, 2.24) is 9.84 Å². The van der Waals surface area contributed by atoms with Gasteiger partial charge in [0.15, 0.2) is 0 Å². The fourth-order valence-electron chi connectivity index (χ4n) is 1.52. The van der Waals surface area contributed by atoms with E-state index < -0.39 is 47.9 Å². The van der Waals surface area contributed by atoms with E-state index in [9.17, 15) is 18.0 Å². The molecule has 29 heavy (non-hydrogen) atoms. The number of amides is 2. The Hall–Kier alpha value is -0.750. The predicted molar refractivity (Wildman–Crippen MR) is 108 cm³/mol. The minimum Gasteiger partial charge on any atom is -0.497 e. The molecule has 0 aliphatic rings. The van der Waals surface area contributed by atoms with Crippen LogP contribution in [0.2, 0.25) is 0 Å². The van der Waals surface area contributed by atoms with Crippen molar-refractivity contribution in [2.24, 2.45) is 0 Å². The average Bonchev–Trinajstić information content (AvgIpc) is 2.61. The summed E-state index contributed by atoms with van der Waals surface area (Å²) in [6.45, 7) is -1.57. The molecule has 0 aliphatic heterocycles. The van der Waals surface area contributed by atoms with Crippen molar-refractivity contribution >= 4 is 91.8 Å². The third kappa shape index (κ3) is 9.29. The number of hydrogen-bond donors (Lipinski definition) is 1. The summed E-state index contributed by atoms with van der Waals surface area (Å²) < 4.78 is 35.4. The van der Waals surface area contributed by atoms with Gasteiger partial charge < -0.3 is 14.2 Å². The van der Waals surface area contributed by atoms with Gasteiger partial charge in [-0.1, -0.05) is 69.6 Å². The van der Waals surface area contributed by atoms with Crippen LogP contribution in [0.4, 0.5) is 9.59 Å². The van der Waals surface area contributed by atoms with Crippen LogP contribution < -0.4 is 10.2 Å². The van der Waals surface area contributed by atoms with Crippen LogP contribution >= 0.6 is 69.6 Å². The molecule has 0 radical (unpaired) electrons. The second kappa shape index (κ2) is 10.5. The monoisotopic (exact) mass is 550 g/mol. The van der Waals surface area contributed by atoms with Crippen molar-refractivity contribution in [2.75, 3.05) is 20.3 Å². The van der Waals surface area contributed by atoms with Crippen LogP contribution in [0.3, 0.4) is 0 Å². The highest BCUT2D eigenvalue weighted by molar-refractivity contribution is 7.89. The molecule has 164 valence electrons. The van der Waals surface area contributed by atoms with Gasteiger partial charge in [0.05, 0.1) is 12.0 Å². The molecule has 0 bridgehead atoms. The Balaban J connectivity index is 3.13. The molecule has 2 amide bonds. The topological polar surface area (TPSA) is 111 Å². The Bertz CT molecular complexity index is 824. The van der Waals surface area contributed by atoms with Crippen LogP contribution in [0.15, 0.2) is 29.2 Å². The molecule has 1 rings (SSSR count). The Morgan fingerprint density at radius 1 is 0.966 bits per heavy atom. The minimum atomic E-state index is -4.68. The lowest BCUT2D eigenvalue weighted by Crippen LogP contribution is -2.50. The molecule has 0 saturated heterocycles. The van der Waals surface area contributed by atoms with Gasteiger partial charge in [0.1, 0.15) is 19.0 Å². The van der Waals surface area contributed by atoms with Crippen molar-refractivity contribution in [2.45, 2.75) is 12.5 Å². The van der Waals surface area contributed by atoms with E-state index in [-0.39, 0.29) is 4.41 Å². The third-order valence-corrected chi connectivity index (χ3v) is 4.93. The summed E-state index contributed by atoms with van der Waals surface area (Å²) in [5.41, 5.74) is 1.67. The van der Waals surface area contributed by atoms with E-state index in [1.54, 1.807) is 5.43 Å². The fraction of sp³-hybridized carbons (Fsp3) is 0.385. The zero-order valence-corrected chi connectivity index (χ0v) is 19.6. The zero-order chi connectivity index (χ0) is 22.5. The normalized spacial score (nSPS) is 12.1. The molecule has 9 nitrogen and oxygen atoms in total. The molecular weight excluding hydrogens is 541 g/mol. The molecule has 0 atom stereocenters. The van der Waals surface area contributed by atoms with Gasteiger partial charge in [-0.2, -0.15) is 8.42 Å².